The number of fused-ring (bicyclic) bond motifs is 1. The first-order valence-corrected chi connectivity index (χ1v) is 13.0. The number of ether oxygens (including phenoxy) is 4. The fourth-order valence-corrected chi connectivity index (χ4v) is 4.70. The van der Waals surface area contributed by atoms with E-state index >= 15 is 4.39 Å². The molecule has 0 saturated carbocycles. The van der Waals surface area contributed by atoms with Crippen LogP contribution in [-0.2, 0) is 27.3 Å². The minimum atomic E-state index is -1.41. The van der Waals surface area contributed by atoms with Crippen LogP contribution in [0.4, 0.5) is 13.2 Å². The maximum Gasteiger partial charge on any atom is 0.328 e. The van der Waals surface area contributed by atoms with Gasteiger partial charge < -0.3 is 24.3 Å². The maximum absolute atomic E-state index is 16.1. The van der Waals surface area contributed by atoms with Crippen LogP contribution in [0.15, 0.2) is 54.7 Å². The lowest BCUT2D eigenvalue weighted by atomic mass is 9.93. The molecule has 0 saturated heterocycles. The van der Waals surface area contributed by atoms with E-state index in [1.165, 1.54) is 26.5 Å². The van der Waals surface area contributed by atoms with Gasteiger partial charge in [0.2, 0.25) is 0 Å². The molecule has 8 nitrogen and oxygen atoms in total. The zero-order chi connectivity index (χ0) is 30.4. The van der Waals surface area contributed by atoms with Gasteiger partial charge in [0.15, 0.2) is 0 Å². The highest BCUT2D eigenvalue weighted by Gasteiger charge is 2.29. The third-order valence-electron chi connectivity index (χ3n) is 6.62. The van der Waals surface area contributed by atoms with E-state index in [1.807, 2.05) is 6.92 Å². The third-order valence-corrected chi connectivity index (χ3v) is 6.62. The van der Waals surface area contributed by atoms with Gasteiger partial charge in [-0.25, -0.2) is 18.0 Å². The van der Waals surface area contributed by atoms with Crippen LogP contribution >= 0.6 is 0 Å². The lowest BCUT2D eigenvalue weighted by Gasteiger charge is -2.21. The van der Waals surface area contributed by atoms with Gasteiger partial charge in [0, 0.05) is 24.6 Å². The maximum atomic E-state index is 16.1. The van der Waals surface area contributed by atoms with Crippen molar-refractivity contribution in [1.29, 1.82) is 0 Å². The molecule has 0 aliphatic carbocycles. The van der Waals surface area contributed by atoms with Gasteiger partial charge in [-0.3, -0.25) is 9.78 Å². The Morgan fingerprint density at radius 3 is 2.17 bits per heavy atom. The fraction of sp³-hybridized carbons (Fsp3) is 0.258. The van der Waals surface area contributed by atoms with Gasteiger partial charge in [-0.05, 0) is 54.4 Å². The van der Waals surface area contributed by atoms with Crippen molar-refractivity contribution in [2.24, 2.45) is 0 Å². The fourth-order valence-electron chi connectivity index (χ4n) is 4.70. The molecule has 0 radical (unpaired) electrons. The Bertz CT molecular complexity index is 1580. The average Bonchev–Trinajstić information content (AvgIpc) is 2.99. The minimum Gasteiger partial charge on any atom is -0.496 e. The molecular formula is C31H29F3N2O6. The van der Waals surface area contributed by atoms with Crippen molar-refractivity contribution in [2.45, 2.75) is 26.0 Å². The van der Waals surface area contributed by atoms with Gasteiger partial charge in [-0.1, -0.05) is 12.1 Å². The Kier molecular flexibility index (Phi) is 9.64. The molecule has 11 heteroatoms. The van der Waals surface area contributed by atoms with Crippen molar-refractivity contribution in [2.75, 3.05) is 27.9 Å². The Morgan fingerprint density at radius 1 is 0.905 bits per heavy atom. The number of methoxy groups -OCH3 is 3. The lowest BCUT2D eigenvalue weighted by Crippen LogP contribution is -2.43. The van der Waals surface area contributed by atoms with E-state index in [2.05, 4.69) is 10.3 Å². The van der Waals surface area contributed by atoms with Gasteiger partial charge in [0.1, 0.15) is 40.6 Å². The van der Waals surface area contributed by atoms with Crippen molar-refractivity contribution >= 4 is 22.8 Å². The molecule has 1 amide bonds. The summed E-state index contributed by atoms with van der Waals surface area (Å²) in [5.41, 5.74) is 0.837. The number of rotatable bonds is 11. The van der Waals surface area contributed by atoms with Crippen LogP contribution in [0, 0.1) is 17.5 Å². The first kappa shape index (κ1) is 30.3. The number of carbonyl (C=O) groups excluding carboxylic acids is 2. The highest BCUT2D eigenvalue weighted by molar-refractivity contribution is 6.00. The number of amides is 1. The van der Waals surface area contributed by atoms with Crippen LogP contribution in [-0.4, -0.2) is 50.8 Å². The number of esters is 1. The van der Waals surface area contributed by atoms with Crippen LogP contribution in [0.5, 0.6) is 11.5 Å². The van der Waals surface area contributed by atoms with Crippen molar-refractivity contribution in [3.8, 4) is 22.6 Å². The zero-order valence-corrected chi connectivity index (χ0v) is 23.4. The largest absolute Gasteiger partial charge is 0.496 e. The summed E-state index contributed by atoms with van der Waals surface area (Å²) in [5, 5.41) is 2.77. The highest BCUT2D eigenvalue weighted by atomic mass is 19.1. The minimum absolute atomic E-state index is 0.0955. The summed E-state index contributed by atoms with van der Waals surface area (Å²) in [5.74, 6) is -4.31. The number of carbonyl (C=O) groups is 2. The molecule has 0 aliphatic rings. The van der Waals surface area contributed by atoms with Gasteiger partial charge in [-0.2, -0.15) is 0 Å². The standard InChI is InChI=1S/C31H29F3N2O6/c1-5-42-16-17-12-24(39-2)28(25(13-17)40-3)27-22(34)14-18(19-8-7-11-35-29(19)27)15-23(31(38)41-4)36-30(37)26-20(32)9-6-10-21(26)33/h6-14,23H,5,15-16H2,1-4H3,(H,36,37)/t23-/m0/s1. The molecule has 0 spiro atoms. The highest BCUT2D eigenvalue weighted by Crippen LogP contribution is 2.44. The summed E-state index contributed by atoms with van der Waals surface area (Å²) in [6.45, 7) is 2.66. The molecule has 4 aromatic rings. The summed E-state index contributed by atoms with van der Waals surface area (Å²) >= 11 is 0. The molecule has 220 valence electrons. The zero-order valence-electron chi connectivity index (χ0n) is 23.4. The van der Waals surface area contributed by atoms with Crippen molar-refractivity contribution in [3.63, 3.8) is 0 Å². The second-order valence-electron chi connectivity index (χ2n) is 9.15. The van der Waals surface area contributed by atoms with E-state index < -0.39 is 40.9 Å². The van der Waals surface area contributed by atoms with Gasteiger partial charge in [0.25, 0.3) is 5.91 Å². The number of hydrogen-bond acceptors (Lipinski definition) is 7. The molecule has 1 aromatic heterocycles. The van der Waals surface area contributed by atoms with Crippen LogP contribution in [0.3, 0.4) is 0 Å². The quantitative estimate of drug-likeness (QED) is 0.237. The molecule has 0 unspecified atom stereocenters. The molecule has 3 aromatic carbocycles. The molecule has 4 rings (SSSR count). The summed E-state index contributed by atoms with van der Waals surface area (Å²) in [6, 6.07) is 9.51. The number of benzene rings is 3. The Morgan fingerprint density at radius 2 is 1.57 bits per heavy atom. The van der Waals surface area contributed by atoms with Crippen molar-refractivity contribution in [1.82, 2.24) is 10.3 Å². The monoisotopic (exact) mass is 582 g/mol. The average molecular weight is 583 g/mol. The van der Waals surface area contributed by atoms with E-state index in [9.17, 15) is 18.4 Å². The molecule has 0 fully saturated rings. The predicted molar refractivity (Wildman–Crippen MR) is 149 cm³/mol. The first-order chi connectivity index (χ1) is 20.2. The topological polar surface area (TPSA) is 96.0 Å². The summed E-state index contributed by atoms with van der Waals surface area (Å²) in [7, 11) is 4.00. The van der Waals surface area contributed by atoms with Crippen LogP contribution in [0.25, 0.3) is 22.0 Å². The van der Waals surface area contributed by atoms with E-state index in [-0.39, 0.29) is 23.1 Å². The van der Waals surface area contributed by atoms with Gasteiger partial charge >= 0.3 is 5.97 Å². The third kappa shape index (κ3) is 6.15. The number of nitrogens with one attached hydrogen (secondary N) is 1. The Balaban J connectivity index is 1.81. The smallest absolute Gasteiger partial charge is 0.328 e. The molecular weight excluding hydrogens is 553 g/mol. The van der Waals surface area contributed by atoms with Crippen molar-refractivity contribution in [3.05, 3.63) is 88.9 Å². The van der Waals surface area contributed by atoms with Gasteiger partial charge in [-0.15, -0.1) is 0 Å². The molecule has 0 bridgehead atoms. The number of aromatic nitrogens is 1. The molecule has 1 atom stereocenters. The Labute approximate surface area is 240 Å². The molecule has 1 heterocycles. The predicted octanol–water partition coefficient (Wildman–Crippen LogP) is 5.39. The second-order valence-corrected chi connectivity index (χ2v) is 9.15. The van der Waals surface area contributed by atoms with Gasteiger partial charge in [0.05, 0.1) is 44.6 Å². The first-order valence-electron chi connectivity index (χ1n) is 13.0. The summed E-state index contributed by atoms with van der Waals surface area (Å²) < 4.78 is 66.1. The SMILES string of the molecule is CCOCc1cc(OC)c(-c2c(F)cc(C[C@H](NC(=O)c3c(F)cccc3F)C(=O)OC)c3cccnc23)c(OC)c1. The number of pyridine rings is 1. The normalized spacial score (nSPS) is 11.7. The van der Waals surface area contributed by atoms with E-state index in [0.29, 0.717) is 35.7 Å². The molecule has 42 heavy (non-hydrogen) atoms. The summed E-state index contributed by atoms with van der Waals surface area (Å²) in [4.78, 5) is 29.9. The molecule has 1 N–H and O–H groups in total. The van der Waals surface area contributed by atoms with E-state index in [1.54, 1.807) is 24.3 Å². The van der Waals surface area contributed by atoms with Crippen LogP contribution in [0.1, 0.15) is 28.4 Å². The number of nitrogens with zero attached hydrogens (tertiary/aromatic N) is 1. The Hall–Kier alpha value is -4.64. The number of hydrogen-bond donors (Lipinski definition) is 1. The van der Waals surface area contributed by atoms with Crippen LogP contribution < -0.4 is 14.8 Å². The van der Waals surface area contributed by atoms with E-state index in [0.717, 1.165) is 30.9 Å². The van der Waals surface area contributed by atoms with Crippen LogP contribution in [0.2, 0.25) is 0 Å². The summed E-state index contributed by atoms with van der Waals surface area (Å²) in [6.07, 6.45) is 1.22. The van der Waals surface area contributed by atoms with Crippen molar-refractivity contribution < 1.29 is 41.7 Å². The molecule has 0 aliphatic heterocycles. The van der Waals surface area contributed by atoms with E-state index in [4.69, 9.17) is 18.9 Å². The number of halogens is 3. The second kappa shape index (κ2) is 13.3. The lowest BCUT2D eigenvalue weighted by molar-refractivity contribution is -0.142.